The van der Waals surface area contributed by atoms with Gasteiger partial charge in [0.1, 0.15) is 11.1 Å². The van der Waals surface area contributed by atoms with Gasteiger partial charge in [-0.15, -0.1) is 0 Å². The number of pyridine rings is 1. The van der Waals surface area contributed by atoms with E-state index in [2.05, 4.69) is 4.98 Å². The maximum atomic E-state index is 11.5. The van der Waals surface area contributed by atoms with Crippen molar-refractivity contribution in [2.24, 2.45) is 5.41 Å². The minimum Gasteiger partial charge on any atom is -0.481 e. The van der Waals surface area contributed by atoms with Gasteiger partial charge in [-0.05, 0) is 24.0 Å². The fraction of sp³-hybridized carbons (Fsp3) is 0.385. The Morgan fingerprint density at radius 2 is 2.18 bits per heavy atom. The second-order valence-electron chi connectivity index (χ2n) is 5.36. The van der Waals surface area contributed by atoms with Gasteiger partial charge in [0.05, 0.1) is 5.69 Å². The Morgan fingerprint density at radius 3 is 2.71 bits per heavy atom. The molecule has 1 N–H and O–H groups in total. The summed E-state index contributed by atoms with van der Waals surface area (Å²) < 4.78 is 1.87. The number of carboxylic acids is 1. The summed E-state index contributed by atoms with van der Waals surface area (Å²) >= 11 is 0. The molecular weight excluding hydrogens is 216 g/mol. The molecular formula is C13H14N2O2. The third kappa shape index (κ3) is 1.18. The molecule has 3 rings (SSSR count). The second-order valence-corrected chi connectivity index (χ2v) is 5.36. The largest absolute Gasteiger partial charge is 0.481 e. The molecule has 0 radical (unpaired) electrons. The van der Waals surface area contributed by atoms with Gasteiger partial charge in [-0.25, -0.2) is 4.98 Å². The summed E-state index contributed by atoms with van der Waals surface area (Å²) in [7, 11) is 0. The molecule has 88 valence electrons. The number of imidazole rings is 1. The van der Waals surface area contributed by atoms with Gasteiger partial charge in [0, 0.05) is 12.4 Å². The van der Waals surface area contributed by atoms with Crippen LogP contribution < -0.4 is 0 Å². The van der Waals surface area contributed by atoms with Gasteiger partial charge >= 0.3 is 5.97 Å². The Balaban J connectivity index is 2.18. The van der Waals surface area contributed by atoms with E-state index < -0.39 is 11.4 Å². The first-order valence-corrected chi connectivity index (χ1v) is 5.65. The summed E-state index contributed by atoms with van der Waals surface area (Å²) in [5.74, 6) is -0.772. The topological polar surface area (TPSA) is 54.6 Å². The highest BCUT2D eigenvalue weighted by atomic mass is 16.4. The van der Waals surface area contributed by atoms with Crippen LogP contribution in [0.15, 0.2) is 30.6 Å². The third-order valence-electron chi connectivity index (χ3n) is 3.90. The molecule has 1 saturated carbocycles. The number of carbonyl (C=O) groups is 1. The first-order chi connectivity index (χ1) is 7.97. The van der Waals surface area contributed by atoms with Crippen LogP contribution >= 0.6 is 0 Å². The minimum absolute atomic E-state index is 0.212. The lowest BCUT2D eigenvalue weighted by atomic mass is 9.93. The van der Waals surface area contributed by atoms with Crippen LogP contribution in [0.4, 0.5) is 0 Å². The van der Waals surface area contributed by atoms with Crippen molar-refractivity contribution in [2.75, 3.05) is 0 Å². The van der Waals surface area contributed by atoms with Crippen molar-refractivity contribution in [3.8, 4) is 0 Å². The first kappa shape index (κ1) is 10.3. The van der Waals surface area contributed by atoms with E-state index in [1.54, 1.807) is 0 Å². The lowest BCUT2D eigenvalue weighted by Gasteiger charge is -2.12. The van der Waals surface area contributed by atoms with Gasteiger partial charge in [-0.3, -0.25) is 4.79 Å². The highest BCUT2D eigenvalue weighted by molar-refractivity contribution is 5.86. The molecule has 1 aliphatic carbocycles. The zero-order chi connectivity index (χ0) is 12.3. The number of nitrogens with zero attached hydrogens (tertiary/aromatic N) is 2. The van der Waals surface area contributed by atoms with E-state index >= 15 is 0 Å². The number of fused-ring (bicyclic) bond motifs is 1. The molecule has 0 amide bonds. The van der Waals surface area contributed by atoms with E-state index in [4.69, 9.17) is 0 Å². The predicted molar refractivity (Wildman–Crippen MR) is 62.9 cm³/mol. The van der Waals surface area contributed by atoms with Gasteiger partial charge in [-0.1, -0.05) is 19.9 Å². The molecule has 0 aliphatic heterocycles. The Morgan fingerprint density at radius 1 is 1.47 bits per heavy atom. The van der Waals surface area contributed by atoms with Gasteiger partial charge in [-0.2, -0.15) is 0 Å². The quantitative estimate of drug-likeness (QED) is 0.859. The second kappa shape index (κ2) is 2.88. The number of hydrogen-bond donors (Lipinski definition) is 1. The molecule has 4 nitrogen and oxygen atoms in total. The summed E-state index contributed by atoms with van der Waals surface area (Å²) in [6.07, 6.45) is 4.37. The lowest BCUT2D eigenvalue weighted by Crippen LogP contribution is -2.25. The van der Waals surface area contributed by atoms with Crippen LogP contribution in [-0.2, 0) is 10.2 Å². The number of hydrogen-bond acceptors (Lipinski definition) is 2. The Kier molecular flexibility index (Phi) is 1.75. The SMILES string of the molecule is CC1(C)CC1(C(=O)O)c1cn2ccccc2n1. The maximum Gasteiger partial charge on any atom is 0.316 e. The molecule has 2 aromatic rings. The lowest BCUT2D eigenvalue weighted by molar-refractivity contribution is -0.141. The van der Waals surface area contributed by atoms with Crippen LogP contribution in [-0.4, -0.2) is 20.5 Å². The van der Waals surface area contributed by atoms with Crippen LogP contribution in [0, 0.1) is 5.41 Å². The van der Waals surface area contributed by atoms with Crippen molar-refractivity contribution in [3.63, 3.8) is 0 Å². The normalized spacial score (nSPS) is 26.0. The fourth-order valence-corrected chi connectivity index (χ4v) is 2.67. The summed E-state index contributed by atoms with van der Waals surface area (Å²) in [6, 6.07) is 5.69. The summed E-state index contributed by atoms with van der Waals surface area (Å²) in [4.78, 5) is 16.0. The van der Waals surface area contributed by atoms with Gasteiger partial charge in [0.2, 0.25) is 0 Å². The van der Waals surface area contributed by atoms with Crippen molar-refractivity contribution >= 4 is 11.6 Å². The van der Waals surface area contributed by atoms with Crippen molar-refractivity contribution in [2.45, 2.75) is 25.7 Å². The van der Waals surface area contributed by atoms with Gasteiger partial charge in [0.25, 0.3) is 0 Å². The van der Waals surface area contributed by atoms with E-state index in [-0.39, 0.29) is 5.41 Å². The van der Waals surface area contributed by atoms with Crippen LogP contribution in [0.3, 0.4) is 0 Å². The molecule has 0 bridgehead atoms. The molecule has 2 aromatic heterocycles. The fourth-order valence-electron chi connectivity index (χ4n) is 2.67. The molecule has 4 heteroatoms. The summed E-state index contributed by atoms with van der Waals surface area (Å²) in [6.45, 7) is 3.95. The molecule has 0 aromatic carbocycles. The number of carboxylic acid groups (broad SMARTS) is 1. The molecule has 1 aliphatic rings. The zero-order valence-corrected chi connectivity index (χ0v) is 9.84. The highest BCUT2D eigenvalue weighted by Crippen LogP contribution is 2.64. The van der Waals surface area contributed by atoms with Crippen LogP contribution in [0.25, 0.3) is 5.65 Å². The Hall–Kier alpha value is -1.84. The Labute approximate surface area is 98.9 Å². The number of aliphatic carboxylic acids is 1. The molecule has 1 atom stereocenters. The van der Waals surface area contributed by atoms with Crippen LogP contribution in [0.2, 0.25) is 0 Å². The number of aromatic nitrogens is 2. The van der Waals surface area contributed by atoms with E-state index in [1.165, 1.54) is 0 Å². The average molecular weight is 230 g/mol. The molecule has 1 unspecified atom stereocenters. The van der Waals surface area contributed by atoms with E-state index in [1.807, 2.05) is 48.8 Å². The zero-order valence-electron chi connectivity index (χ0n) is 9.84. The van der Waals surface area contributed by atoms with E-state index in [0.717, 1.165) is 5.65 Å². The van der Waals surface area contributed by atoms with Gasteiger partial charge in [0.15, 0.2) is 0 Å². The minimum atomic E-state index is -0.807. The number of rotatable bonds is 2. The third-order valence-corrected chi connectivity index (χ3v) is 3.90. The molecule has 1 fully saturated rings. The summed E-state index contributed by atoms with van der Waals surface area (Å²) in [5, 5.41) is 9.47. The first-order valence-electron chi connectivity index (χ1n) is 5.65. The van der Waals surface area contributed by atoms with E-state index in [9.17, 15) is 9.90 Å². The standard InChI is InChI=1S/C13H14N2O2/c1-12(2)8-13(12,11(16)17)9-7-15-6-4-3-5-10(15)14-9/h3-7H,8H2,1-2H3,(H,16,17). The van der Waals surface area contributed by atoms with E-state index in [0.29, 0.717) is 12.1 Å². The monoisotopic (exact) mass is 230 g/mol. The van der Waals surface area contributed by atoms with Gasteiger partial charge < -0.3 is 9.51 Å². The van der Waals surface area contributed by atoms with Crippen LogP contribution in [0.5, 0.6) is 0 Å². The average Bonchev–Trinajstić information content (AvgIpc) is 2.69. The van der Waals surface area contributed by atoms with Crippen molar-refractivity contribution in [1.82, 2.24) is 9.38 Å². The Bertz CT molecular complexity index is 582. The highest BCUT2D eigenvalue weighted by Gasteiger charge is 2.69. The van der Waals surface area contributed by atoms with Crippen molar-refractivity contribution in [3.05, 3.63) is 36.3 Å². The van der Waals surface area contributed by atoms with Crippen LogP contribution in [0.1, 0.15) is 26.0 Å². The van der Waals surface area contributed by atoms with Crippen molar-refractivity contribution in [1.29, 1.82) is 0 Å². The molecule has 0 spiro atoms. The predicted octanol–water partition coefficient (Wildman–Crippen LogP) is 2.09. The molecule has 17 heavy (non-hydrogen) atoms. The molecule has 0 saturated heterocycles. The maximum absolute atomic E-state index is 11.5. The van der Waals surface area contributed by atoms with Crippen molar-refractivity contribution < 1.29 is 9.90 Å². The molecule has 2 heterocycles. The smallest absolute Gasteiger partial charge is 0.316 e. The summed E-state index contributed by atoms with van der Waals surface area (Å²) in [5.41, 5.74) is 0.447.